The number of nitrogens with one attached hydrogen (secondary N) is 1. The van der Waals surface area contributed by atoms with Crippen LogP contribution in [0.5, 0.6) is 0 Å². The second kappa shape index (κ2) is 7.47. The number of amides is 1. The maximum atomic E-state index is 12.0. The minimum absolute atomic E-state index is 0.0809. The summed E-state index contributed by atoms with van der Waals surface area (Å²) in [7, 11) is 0. The fraction of sp³-hybridized carbons (Fsp3) is 0.333. The third-order valence-electron chi connectivity index (χ3n) is 3.99. The summed E-state index contributed by atoms with van der Waals surface area (Å²) in [4.78, 5) is 12.0. The van der Waals surface area contributed by atoms with Crippen molar-refractivity contribution in [3.8, 4) is 5.69 Å². The SMILES string of the molecule is O=C(CC1=CCCCC1)NCc1cnn(-c2ccc(Cl)cc2)c1. The molecule has 0 aliphatic heterocycles. The zero-order valence-corrected chi connectivity index (χ0v) is 13.7. The first-order valence-corrected chi connectivity index (χ1v) is 8.32. The summed E-state index contributed by atoms with van der Waals surface area (Å²) in [6.07, 6.45) is 11.0. The van der Waals surface area contributed by atoms with Gasteiger partial charge in [0.1, 0.15) is 0 Å². The first kappa shape index (κ1) is 15.8. The number of halogens is 1. The minimum Gasteiger partial charge on any atom is -0.352 e. The molecule has 120 valence electrons. The molecule has 1 heterocycles. The number of nitrogens with zero attached hydrogens (tertiary/aromatic N) is 2. The molecule has 1 aliphatic carbocycles. The normalized spacial score (nSPS) is 14.4. The van der Waals surface area contributed by atoms with Crippen LogP contribution in [-0.4, -0.2) is 15.7 Å². The van der Waals surface area contributed by atoms with Crippen molar-refractivity contribution < 1.29 is 4.79 Å². The predicted molar refractivity (Wildman–Crippen MR) is 91.6 cm³/mol. The quantitative estimate of drug-likeness (QED) is 0.842. The van der Waals surface area contributed by atoms with Gasteiger partial charge >= 0.3 is 0 Å². The van der Waals surface area contributed by atoms with Crippen molar-refractivity contribution in [1.82, 2.24) is 15.1 Å². The number of allylic oxidation sites excluding steroid dienone is 1. The van der Waals surface area contributed by atoms with Gasteiger partial charge in [-0.05, 0) is 49.9 Å². The fourth-order valence-electron chi connectivity index (χ4n) is 2.72. The Labute approximate surface area is 141 Å². The van der Waals surface area contributed by atoms with Crippen molar-refractivity contribution in [1.29, 1.82) is 0 Å². The van der Waals surface area contributed by atoms with Gasteiger partial charge in [-0.25, -0.2) is 4.68 Å². The Morgan fingerprint density at radius 1 is 1.26 bits per heavy atom. The summed E-state index contributed by atoms with van der Waals surface area (Å²) in [5, 5.41) is 7.99. The average Bonchev–Trinajstić information content (AvgIpc) is 3.04. The molecule has 0 radical (unpaired) electrons. The van der Waals surface area contributed by atoms with Crippen molar-refractivity contribution in [3.63, 3.8) is 0 Å². The number of carbonyl (C=O) groups is 1. The van der Waals surface area contributed by atoms with Crippen LogP contribution in [0.1, 0.15) is 37.7 Å². The van der Waals surface area contributed by atoms with E-state index in [1.807, 2.05) is 30.5 Å². The molecule has 0 atom stereocenters. The Hall–Kier alpha value is -2.07. The molecule has 4 nitrogen and oxygen atoms in total. The largest absolute Gasteiger partial charge is 0.352 e. The second-order valence-electron chi connectivity index (χ2n) is 5.83. The molecule has 1 aromatic heterocycles. The molecule has 1 aromatic carbocycles. The van der Waals surface area contributed by atoms with E-state index < -0.39 is 0 Å². The Balaban J connectivity index is 1.53. The highest BCUT2D eigenvalue weighted by Crippen LogP contribution is 2.20. The van der Waals surface area contributed by atoms with Gasteiger partial charge in [-0.15, -0.1) is 0 Å². The molecule has 1 amide bonds. The monoisotopic (exact) mass is 329 g/mol. The van der Waals surface area contributed by atoms with Crippen LogP contribution >= 0.6 is 11.6 Å². The lowest BCUT2D eigenvalue weighted by Crippen LogP contribution is -2.23. The third kappa shape index (κ3) is 4.45. The maximum absolute atomic E-state index is 12.0. The Kier molecular flexibility index (Phi) is 5.13. The van der Waals surface area contributed by atoms with Gasteiger partial charge in [0, 0.05) is 29.7 Å². The van der Waals surface area contributed by atoms with E-state index in [0.717, 1.165) is 24.1 Å². The molecule has 3 rings (SSSR count). The van der Waals surface area contributed by atoms with Crippen molar-refractivity contribution >= 4 is 17.5 Å². The lowest BCUT2D eigenvalue weighted by Gasteiger charge is -2.12. The number of aromatic nitrogens is 2. The minimum atomic E-state index is 0.0809. The van der Waals surface area contributed by atoms with E-state index in [-0.39, 0.29) is 5.91 Å². The Morgan fingerprint density at radius 3 is 2.83 bits per heavy atom. The van der Waals surface area contributed by atoms with Gasteiger partial charge in [-0.2, -0.15) is 5.10 Å². The molecule has 0 fully saturated rings. The van der Waals surface area contributed by atoms with E-state index >= 15 is 0 Å². The number of hydrogen-bond acceptors (Lipinski definition) is 2. The number of carbonyl (C=O) groups excluding carboxylic acids is 1. The van der Waals surface area contributed by atoms with Gasteiger partial charge in [-0.1, -0.05) is 23.3 Å². The van der Waals surface area contributed by atoms with Crippen molar-refractivity contribution in [3.05, 3.63) is 58.9 Å². The molecule has 2 aromatic rings. The zero-order chi connectivity index (χ0) is 16.1. The number of rotatable bonds is 5. The van der Waals surface area contributed by atoms with Crippen molar-refractivity contribution in [2.75, 3.05) is 0 Å². The van der Waals surface area contributed by atoms with Crippen molar-refractivity contribution in [2.45, 2.75) is 38.6 Å². The molecule has 0 saturated carbocycles. The maximum Gasteiger partial charge on any atom is 0.224 e. The molecule has 1 N–H and O–H groups in total. The lowest BCUT2D eigenvalue weighted by molar-refractivity contribution is -0.120. The summed E-state index contributed by atoms with van der Waals surface area (Å²) in [5.41, 5.74) is 3.19. The van der Waals surface area contributed by atoms with Gasteiger partial charge in [0.2, 0.25) is 5.91 Å². The zero-order valence-electron chi connectivity index (χ0n) is 13.0. The predicted octanol–water partition coefficient (Wildman–Crippen LogP) is 4.03. The van der Waals surface area contributed by atoms with Crippen LogP contribution in [0.25, 0.3) is 5.69 Å². The molecular formula is C18H20ClN3O. The molecule has 0 bridgehead atoms. The number of benzene rings is 1. The van der Waals surface area contributed by atoms with Gasteiger partial charge in [0.15, 0.2) is 0 Å². The van der Waals surface area contributed by atoms with Crippen LogP contribution in [0.4, 0.5) is 0 Å². The molecular weight excluding hydrogens is 310 g/mol. The highest BCUT2D eigenvalue weighted by atomic mass is 35.5. The van der Waals surface area contributed by atoms with E-state index in [2.05, 4.69) is 16.5 Å². The van der Waals surface area contributed by atoms with Gasteiger partial charge in [0.25, 0.3) is 0 Å². The highest BCUT2D eigenvalue weighted by Gasteiger charge is 2.09. The highest BCUT2D eigenvalue weighted by molar-refractivity contribution is 6.30. The van der Waals surface area contributed by atoms with Crippen LogP contribution in [0, 0.1) is 0 Å². The summed E-state index contributed by atoms with van der Waals surface area (Å²) in [6, 6.07) is 7.48. The standard InChI is InChI=1S/C18H20ClN3O/c19-16-6-8-17(9-7-16)22-13-15(12-21-22)11-20-18(23)10-14-4-2-1-3-5-14/h4,6-9,12-13H,1-3,5,10-11H2,(H,20,23). The first-order valence-electron chi connectivity index (χ1n) is 7.95. The van der Waals surface area contributed by atoms with Gasteiger partial charge in [0.05, 0.1) is 11.9 Å². The molecule has 0 unspecified atom stereocenters. The van der Waals surface area contributed by atoms with E-state index in [1.54, 1.807) is 10.9 Å². The van der Waals surface area contributed by atoms with E-state index in [9.17, 15) is 4.79 Å². The van der Waals surface area contributed by atoms with E-state index in [0.29, 0.717) is 18.0 Å². The molecule has 1 aliphatic rings. The Morgan fingerprint density at radius 2 is 2.09 bits per heavy atom. The van der Waals surface area contributed by atoms with Crippen molar-refractivity contribution in [2.24, 2.45) is 0 Å². The molecule has 0 saturated heterocycles. The first-order chi connectivity index (χ1) is 11.2. The summed E-state index contributed by atoms with van der Waals surface area (Å²) in [6.45, 7) is 0.500. The van der Waals surface area contributed by atoms with Crippen LogP contribution in [-0.2, 0) is 11.3 Å². The van der Waals surface area contributed by atoms with Crippen LogP contribution in [0.15, 0.2) is 48.3 Å². The topological polar surface area (TPSA) is 46.9 Å². The smallest absolute Gasteiger partial charge is 0.224 e. The lowest BCUT2D eigenvalue weighted by atomic mass is 9.97. The van der Waals surface area contributed by atoms with Crippen LogP contribution in [0.3, 0.4) is 0 Å². The molecule has 0 spiro atoms. The van der Waals surface area contributed by atoms with Crippen LogP contribution in [0.2, 0.25) is 5.02 Å². The molecule has 5 heteroatoms. The molecule has 23 heavy (non-hydrogen) atoms. The summed E-state index contributed by atoms with van der Waals surface area (Å²) < 4.78 is 1.78. The summed E-state index contributed by atoms with van der Waals surface area (Å²) in [5.74, 6) is 0.0809. The van der Waals surface area contributed by atoms with E-state index in [4.69, 9.17) is 11.6 Å². The van der Waals surface area contributed by atoms with Crippen LogP contribution < -0.4 is 5.32 Å². The van der Waals surface area contributed by atoms with E-state index in [1.165, 1.54) is 18.4 Å². The fourth-order valence-corrected chi connectivity index (χ4v) is 2.85. The third-order valence-corrected chi connectivity index (χ3v) is 4.24. The van der Waals surface area contributed by atoms with Gasteiger partial charge in [-0.3, -0.25) is 4.79 Å². The summed E-state index contributed by atoms with van der Waals surface area (Å²) >= 11 is 5.89. The van der Waals surface area contributed by atoms with Gasteiger partial charge < -0.3 is 5.32 Å². The second-order valence-corrected chi connectivity index (χ2v) is 6.27. The Bertz CT molecular complexity index is 703. The average molecular weight is 330 g/mol. The number of hydrogen-bond donors (Lipinski definition) is 1.